The molecular weight excluding hydrogens is 346 g/mol. The normalized spacial score (nSPS) is 11.0. The Bertz CT molecular complexity index is 532. The molecule has 0 N–H and O–H groups in total. The number of aryl methyl sites for hydroxylation is 1. The third-order valence-corrected chi connectivity index (χ3v) is 3.42. The SMILES string of the molecule is C=C(COCCC)Oc1nc(C)c(N=CN(C)CC)cc1Br. The van der Waals surface area contributed by atoms with E-state index in [4.69, 9.17) is 9.47 Å². The van der Waals surface area contributed by atoms with E-state index in [0.717, 1.165) is 28.8 Å². The van der Waals surface area contributed by atoms with E-state index in [9.17, 15) is 0 Å². The Morgan fingerprint density at radius 2 is 2.23 bits per heavy atom. The second-order valence-electron chi connectivity index (χ2n) is 4.89. The van der Waals surface area contributed by atoms with Gasteiger partial charge >= 0.3 is 0 Å². The number of aliphatic imine (C=N–C) groups is 1. The molecule has 0 aliphatic carbocycles. The second-order valence-corrected chi connectivity index (χ2v) is 5.75. The number of pyridine rings is 1. The summed E-state index contributed by atoms with van der Waals surface area (Å²) in [4.78, 5) is 10.8. The summed E-state index contributed by atoms with van der Waals surface area (Å²) < 4.78 is 11.8. The molecule has 5 nitrogen and oxygen atoms in total. The molecule has 0 fully saturated rings. The third-order valence-electron chi connectivity index (χ3n) is 2.85. The maximum Gasteiger partial charge on any atom is 0.233 e. The molecule has 122 valence electrons. The second kappa shape index (κ2) is 9.58. The van der Waals surface area contributed by atoms with Crippen LogP contribution in [0, 0.1) is 6.92 Å². The van der Waals surface area contributed by atoms with Crippen LogP contribution in [0.2, 0.25) is 0 Å². The first-order valence-electron chi connectivity index (χ1n) is 7.32. The van der Waals surface area contributed by atoms with Crippen molar-refractivity contribution in [2.75, 3.05) is 26.8 Å². The van der Waals surface area contributed by atoms with Gasteiger partial charge in [-0.2, -0.15) is 0 Å². The fourth-order valence-electron chi connectivity index (χ4n) is 1.49. The van der Waals surface area contributed by atoms with Crippen LogP contribution in [-0.4, -0.2) is 43.0 Å². The van der Waals surface area contributed by atoms with Crippen LogP contribution >= 0.6 is 15.9 Å². The molecule has 22 heavy (non-hydrogen) atoms. The van der Waals surface area contributed by atoms with Gasteiger partial charge in [0.2, 0.25) is 5.88 Å². The Labute approximate surface area is 141 Å². The van der Waals surface area contributed by atoms with Crippen LogP contribution in [0.1, 0.15) is 26.0 Å². The van der Waals surface area contributed by atoms with Crippen molar-refractivity contribution in [2.24, 2.45) is 4.99 Å². The van der Waals surface area contributed by atoms with Crippen molar-refractivity contribution in [1.82, 2.24) is 9.88 Å². The van der Waals surface area contributed by atoms with Crippen LogP contribution in [0.15, 0.2) is 27.9 Å². The van der Waals surface area contributed by atoms with Crippen molar-refractivity contribution >= 4 is 28.0 Å². The van der Waals surface area contributed by atoms with Crippen LogP contribution in [0.4, 0.5) is 5.69 Å². The van der Waals surface area contributed by atoms with Crippen LogP contribution in [0.25, 0.3) is 0 Å². The molecule has 0 spiro atoms. The van der Waals surface area contributed by atoms with Gasteiger partial charge in [-0.3, -0.25) is 0 Å². The molecule has 0 atom stereocenters. The largest absolute Gasteiger partial charge is 0.440 e. The van der Waals surface area contributed by atoms with Crippen LogP contribution < -0.4 is 4.74 Å². The lowest BCUT2D eigenvalue weighted by Gasteiger charge is -2.12. The molecule has 0 aliphatic rings. The minimum atomic E-state index is 0.363. The van der Waals surface area contributed by atoms with Crippen molar-refractivity contribution in [1.29, 1.82) is 0 Å². The molecule has 0 bridgehead atoms. The van der Waals surface area contributed by atoms with E-state index >= 15 is 0 Å². The van der Waals surface area contributed by atoms with Gasteiger partial charge in [0.15, 0.2) is 0 Å². The van der Waals surface area contributed by atoms with Gasteiger partial charge in [-0.1, -0.05) is 13.5 Å². The molecular formula is C16H24BrN3O2. The van der Waals surface area contributed by atoms with Crippen LogP contribution in [-0.2, 0) is 4.74 Å². The van der Waals surface area contributed by atoms with E-state index in [-0.39, 0.29) is 0 Å². The number of nitrogens with zero attached hydrogens (tertiary/aromatic N) is 3. The molecule has 0 unspecified atom stereocenters. The lowest BCUT2D eigenvalue weighted by molar-refractivity contribution is 0.132. The Balaban J connectivity index is 2.77. The average Bonchev–Trinajstić information content (AvgIpc) is 2.49. The summed E-state index contributed by atoms with van der Waals surface area (Å²) in [5.41, 5.74) is 1.59. The fourth-order valence-corrected chi connectivity index (χ4v) is 1.88. The molecule has 6 heteroatoms. The number of rotatable bonds is 9. The van der Waals surface area contributed by atoms with Gasteiger partial charge in [-0.15, -0.1) is 0 Å². The summed E-state index contributed by atoms with van der Waals surface area (Å²) in [6.45, 7) is 11.8. The van der Waals surface area contributed by atoms with Crippen molar-refractivity contribution in [3.05, 3.63) is 28.6 Å². The topological polar surface area (TPSA) is 47.0 Å². The van der Waals surface area contributed by atoms with Gasteiger partial charge in [0, 0.05) is 20.2 Å². The fraction of sp³-hybridized carbons (Fsp3) is 0.500. The molecule has 1 rings (SSSR count). The molecule has 0 saturated carbocycles. The highest BCUT2D eigenvalue weighted by molar-refractivity contribution is 9.10. The highest BCUT2D eigenvalue weighted by atomic mass is 79.9. The van der Waals surface area contributed by atoms with Gasteiger partial charge in [-0.05, 0) is 42.3 Å². The van der Waals surface area contributed by atoms with E-state index in [0.29, 0.717) is 24.9 Å². The molecule has 1 aromatic rings. The first-order valence-corrected chi connectivity index (χ1v) is 8.12. The molecule has 0 aromatic carbocycles. The summed E-state index contributed by atoms with van der Waals surface area (Å²) in [5, 5.41) is 0. The first kappa shape index (κ1) is 18.6. The molecule has 0 saturated heterocycles. The molecule has 1 heterocycles. The smallest absolute Gasteiger partial charge is 0.233 e. The Hall–Kier alpha value is -1.40. The molecule has 0 radical (unpaired) electrons. The molecule has 0 amide bonds. The minimum Gasteiger partial charge on any atom is -0.440 e. The standard InChI is InChI=1S/C16H24BrN3O2/c1-6-8-21-10-12(3)22-16-14(17)9-15(13(4)19-16)18-11-20(5)7-2/h9,11H,3,6-8,10H2,1-2,4-5H3. The first-order chi connectivity index (χ1) is 10.5. The molecule has 0 aliphatic heterocycles. The highest BCUT2D eigenvalue weighted by Gasteiger charge is 2.10. The van der Waals surface area contributed by atoms with E-state index in [1.165, 1.54) is 0 Å². The van der Waals surface area contributed by atoms with E-state index < -0.39 is 0 Å². The predicted molar refractivity (Wildman–Crippen MR) is 94.0 cm³/mol. The van der Waals surface area contributed by atoms with Crippen LogP contribution in [0.5, 0.6) is 5.88 Å². The number of hydrogen-bond donors (Lipinski definition) is 0. The quantitative estimate of drug-likeness (QED) is 0.284. The Kier molecular flexibility index (Phi) is 8.12. The summed E-state index contributed by atoms with van der Waals surface area (Å²) >= 11 is 3.46. The molecule has 1 aromatic heterocycles. The number of aromatic nitrogens is 1. The summed E-state index contributed by atoms with van der Waals surface area (Å²) in [5.74, 6) is 1.01. The van der Waals surface area contributed by atoms with Gasteiger partial charge in [-0.25, -0.2) is 9.98 Å². The lowest BCUT2D eigenvalue weighted by Crippen LogP contribution is -2.14. The monoisotopic (exact) mass is 369 g/mol. The maximum absolute atomic E-state index is 5.63. The van der Waals surface area contributed by atoms with Gasteiger partial charge in [0.1, 0.15) is 12.4 Å². The third kappa shape index (κ3) is 6.15. The van der Waals surface area contributed by atoms with E-state index in [2.05, 4.69) is 46.3 Å². The van der Waals surface area contributed by atoms with Crippen molar-refractivity contribution < 1.29 is 9.47 Å². The summed E-state index contributed by atoms with van der Waals surface area (Å²) in [7, 11) is 1.97. The summed E-state index contributed by atoms with van der Waals surface area (Å²) in [6, 6.07) is 1.89. The lowest BCUT2D eigenvalue weighted by atomic mass is 10.3. The van der Waals surface area contributed by atoms with Gasteiger partial charge in [0.25, 0.3) is 0 Å². The van der Waals surface area contributed by atoms with Gasteiger partial charge in [0.05, 0.1) is 22.2 Å². The minimum absolute atomic E-state index is 0.363. The van der Waals surface area contributed by atoms with E-state index in [1.807, 2.05) is 24.9 Å². The maximum atomic E-state index is 5.63. The zero-order valence-corrected chi connectivity index (χ0v) is 15.3. The highest BCUT2D eigenvalue weighted by Crippen LogP contribution is 2.30. The summed E-state index contributed by atoms with van der Waals surface area (Å²) in [6.07, 6.45) is 2.75. The average molecular weight is 370 g/mol. The van der Waals surface area contributed by atoms with Gasteiger partial charge < -0.3 is 14.4 Å². The number of ether oxygens (including phenoxy) is 2. The predicted octanol–water partition coefficient (Wildman–Crippen LogP) is 4.08. The van der Waals surface area contributed by atoms with Crippen molar-refractivity contribution in [3.8, 4) is 5.88 Å². The van der Waals surface area contributed by atoms with Crippen LogP contribution in [0.3, 0.4) is 0 Å². The Morgan fingerprint density at radius 3 is 2.86 bits per heavy atom. The van der Waals surface area contributed by atoms with Crippen molar-refractivity contribution in [3.63, 3.8) is 0 Å². The van der Waals surface area contributed by atoms with Crippen molar-refractivity contribution in [2.45, 2.75) is 27.2 Å². The number of halogens is 1. The zero-order valence-electron chi connectivity index (χ0n) is 13.7. The van der Waals surface area contributed by atoms with E-state index in [1.54, 1.807) is 6.34 Å². The number of hydrogen-bond acceptors (Lipinski definition) is 4. The Morgan fingerprint density at radius 1 is 1.50 bits per heavy atom. The zero-order chi connectivity index (χ0) is 16.5.